The van der Waals surface area contributed by atoms with Crippen LogP contribution in [0.4, 0.5) is 0 Å². The molecule has 1 unspecified atom stereocenters. The first-order valence-electron chi connectivity index (χ1n) is 6.97. The van der Waals surface area contributed by atoms with Crippen LogP contribution in [-0.4, -0.2) is 15.0 Å². The molecule has 1 aliphatic heterocycles. The summed E-state index contributed by atoms with van der Waals surface area (Å²) in [5, 5.41) is 0. The van der Waals surface area contributed by atoms with Crippen LogP contribution < -0.4 is 9.46 Å². The average molecular weight is 382 g/mol. The second-order valence-electron chi connectivity index (χ2n) is 5.26. The normalized spacial score (nSPS) is 17.6. The second kappa shape index (κ2) is 6.02. The van der Waals surface area contributed by atoms with Crippen molar-refractivity contribution < 1.29 is 13.2 Å². The van der Waals surface area contributed by atoms with Crippen molar-refractivity contribution in [3.05, 3.63) is 58.1 Å². The van der Waals surface area contributed by atoms with Gasteiger partial charge in [-0.2, -0.15) is 0 Å². The Labute approximate surface area is 138 Å². The number of hydrogen-bond acceptors (Lipinski definition) is 3. The van der Waals surface area contributed by atoms with E-state index < -0.39 is 10.0 Å². The van der Waals surface area contributed by atoms with Crippen LogP contribution in [0, 0.1) is 6.92 Å². The Balaban J connectivity index is 1.91. The van der Waals surface area contributed by atoms with Crippen LogP contribution in [0.3, 0.4) is 0 Å². The van der Waals surface area contributed by atoms with Crippen LogP contribution >= 0.6 is 15.9 Å². The largest absolute Gasteiger partial charge is 0.493 e. The molecule has 116 valence electrons. The SMILES string of the molecule is Cc1cc(S(=O)(=O)NC2CCOc3ccccc32)ccc1Br. The third-order valence-corrected chi connectivity index (χ3v) is 6.05. The summed E-state index contributed by atoms with van der Waals surface area (Å²) < 4.78 is 34.5. The fourth-order valence-corrected chi connectivity index (χ4v) is 4.09. The van der Waals surface area contributed by atoms with E-state index in [4.69, 9.17) is 4.74 Å². The molecule has 0 aliphatic carbocycles. The molecule has 0 saturated heterocycles. The number of fused-ring (bicyclic) bond motifs is 1. The maximum Gasteiger partial charge on any atom is 0.241 e. The number of halogens is 1. The fraction of sp³-hybridized carbons (Fsp3) is 0.250. The van der Waals surface area contributed by atoms with Gasteiger partial charge in [-0.3, -0.25) is 0 Å². The molecule has 6 heteroatoms. The molecule has 1 atom stereocenters. The number of benzene rings is 2. The number of sulfonamides is 1. The standard InChI is InChI=1S/C16H16BrNO3S/c1-11-10-12(6-7-14(11)17)22(19,20)18-15-8-9-21-16-5-3-2-4-13(15)16/h2-7,10,15,18H,8-9H2,1H3. The van der Waals surface area contributed by atoms with E-state index in [2.05, 4.69) is 20.7 Å². The number of hydrogen-bond donors (Lipinski definition) is 1. The van der Waals surface area contributed by atoms with Crippen molar-refractivity contribution in [3.8, 4) is 5.75 Å². The Hall–Kier alpha value is -1.37. The van der Waals surface area contributed by atoms with Crippen molar-refractivity contribution in [3.63, 3.8) is 0 Å². The molecule has 0 amide bonds. The minimum atomic E-state index is -3.57. The van der Waals surface area contributed by atoms with Crippen molar-refractivity contribution in [2.24, 2.45) is 0 Å². The molecule has 0 radical (unpaired) electrons. The van der Waals surface area contributed by atoms with Gasteiger partial charge in [0.05, 0.1) is 17.5 Å². The van der Waals surface area contributed by atoms with Gasteiger partial charge < -0.3 is 4.74 Å². The third kappa shape index (κ3) is 3.04. The highest BCUT2D eigenvalue weighted by Gasteiger charge is 2.26. The molecular weight excluding hydrogens is 366 g/mol. The predicted octanol–water partition coefficient (Wildman–Crippen LogP) is 3.56. The van der Waals surface area contributed by atoms with Gasteiger partial charge in [0.1, 0.15) is 5.75 Å². The summed E-state index contributed by atoms with van der Waals surface area (Å²) in [4.78, 5) is 0.275. The summed E-state index contributed by atoms with van der Waals surface area (Å²) in [7, 11) is -3.57. The number of aryl methyl sites for hydroxylation is 1. The Bertz CT molecular complexity index is 805. The van der Waals surface area contributed by atoms with E-state index in [0.29, 0.717) is 13.0 Å². The maximum atomic E-state index is 12.6. The zero-order valence-electron chi connectivity index (χ0n) is 12.0. The van der Waals surface area contributed by atoms with Gasteiger partial charge in [-0.25, -0.2) is 13.1 Å². The third-order valence-electron chi connectivity index (χ3n) is 3.70. The summed E-state index contributed by atoms with van der Waals surface area (Å²) in [5.74, 6) is 0.744. The lowest BCUT2D eigenvalue weighted by molar-refractivity contribution is 0.263. The van der Waals surface area contributed by atoms with Gasteiger partial charge in [0.25, 0.3) is 0 Å². The zero-order chi connectivity index (χ0) is 15.7. The molecule has 2 aromatic carbocycles. The number of ether oxygens (including phenoxy) is 1. The molecule has 0 saturated carbocycles. The summed E-state index contributed by atoms with van der Waals surface area (Å²) >= 11 is 3.38. The van der Waals surface area contributed by atoms with Crippen LogP contribution in [0.25, 0.3) is 0 Å². The molecule has 1 heterocycles. The zero-order valence-corrected chi connectivity index (χ0v) is 14.4. The topological polar surface area (TPSA) is 55.4 Å². The molecule has 1 N–H and O–H groups in total. The van der Waals surface area contributed by atoms with E-state index in [1.165, 1.54) is 0 Å². The number of nitrogens with one attached hydrogen (secondary N) is 1. The Morgan fingerprint density at radius 2 is 2.00 bits per heavy atom. The van der Waals surface area contributed by atoms with E-state index in [1.54, 1.807) is 18.2 Å². The number of para-hydroxylation sites is 1. The molecule has 1 aliphatic rings. The van der Waals surface area contributed by atoms with Gasteiger partial charge in [-0.1, -0.05) is 34.1 Å². The van der Waals surface area contributed by atoms with Crippen molar-refractivity contribution in [1.29, 1.82) is 0 Å². The van der Waals surface area contributed by atoms with Gasteiger partial charge in [0, 0.05) is 16.5 Å². The van der Waals surface area contributed by atoms with Crippen molar-refractivity contribution in [2.45, 2.75) is 24.3 Å². The van der Waals surface area contributed by atoms with E-state index in [1.807, 2.05) is 31.2 Å². The minimum Gasteiger partial charge on any atom is -0.493 e. The average Bonchev–Trinajstić information content (AvgIpc) is 2.50. The predicted molar refractivity (Wildman–Crippen MR) is 88.5 cm³/mol. The second-order valence-corrected chi connectivity index (χ2v) is 7.83. The first-order valence-corrected chi connectivity index (χ1v) is 9.25. The highest BCUT2D eigenvalue weighted by molar-refractivity contribution is 9.10. The van der Waals surface area contributed by atoms with Gasteiger partial charge in [0.2, 0.25) is 10.0 Å². The summed E-state index contributed by atoms with van der Waals surface area (Å²) in [6, 6.07) is 12.3. The lowest BCUT2D eigenvalue weighted by Crippen LogP contribution is -2.32. The molecule has 0 bridgehead atoms. The van der Waals surface area contributed by atoms with Crippen LogP contribution in [0.5, 0.6) is 5.75 Å². The monoisotopic (exact) mass is 381 g/mol. The lowest BCUT2D eigenvalue weighted by Gasteiger charge is -2.26. The van der Waals surface area contributed by atoms with Crippen LogP contribution in [0.2, 0.25) is 0 Å². The molecule has 0 fully saturated rings. The van der Waals surface area contributed by atoms with Crippen LogP contribution in [0.15, 0.2) is 51.8 Å². The molecule has 0 aromatic heterocycles. The molecular formula is C16H16BrNO3S. The molecule has 2 aromatic rings. The minimum absolute atomic E-state index is 0.265. The smallest absolute Gasteiger partial charge is 0.241 e. The Kier molecular flexibility index (Phi) is 4.25. The molecule has 4 nitrogen and oxygen atoms in total. The van der Waals surface area contributed by atoms with E-state index >= 15 is 0 Å². The van der Waals surface area contributed by atoms with Gasteiger partial charge >= 0.3 is 0 Å². The van der Waals surface area contributed by atoms with Crippen molar-refractivity contribution >= 4 is 26.0 Å². The summed E-state index contributed by atoms with van der Waals surface area (Å²) in [6.45, 7) is 2.37. The first kappa shape index (κ1) is 15.5. The number of rotatable bonds is 3. The van der Waals surface area contributed by atoms with Gasteiger partial charge in [-0.15, -0.1) is 0 Å². The van der Waals surface area contributed by atoms with E-state index in [9.17, 15) is 8.42 Å². The first-order chi connectivity index (χ1) is 10.5. The van der Waals surface area contributed by atoms with E-state index in [0.717, 1.165) is 21.3 Å². The quantitative estimate of drug-likeness (QED) is 0.883. The Morgan fingerprint density at radius 1 is 1.23 bits per heavy atom. The van der Waals surface area contributed by atoms with Crippen molar-refractivity contribution in [1.82, 2.24) is 4.72 Å². The van der Waals surface area contributed by atoms with Crippen LogP contribution in [-0.2, 0) is 10.0 Å². The maximum absolute atomic E-state index is 12.6. The summed E-state index contributed by atoms with van der Waals surface area (Å²) in [5.41, 5.74) is 1.77. The van der Waals surface area contributed by atoms with Gasteiger partial charge in [0.15, 0.2) is 0 Å². The fourth-order valence-electron chi connectivity index (χ4n) is 2.50. The highest BCUT2D eigenvalue weighted by Crippen LogP contribution is 2.32. The summed E-state index contributed by atoms with van der Waals surface area (Å²) in [6.07, 6.45) is 0.617. The van der Waals surface area contributed by atoms with Crippen molar-refractivity contribution in [2.75, 3.05) is 6.61 Å². The van der Waals surface area contributed by atoms with Crippen LogP contribution in [0.1, 0.15) is 23.6 Å². The molecule has 22 heavy (non-hydrogen) atoms. The highest BCUT2D eigenvalue weighted by atomic mass is 79.9. The Morgan fingerprint density at radius 3 is 2.77 bits per heavy atom. The van der Waals surface area contributed by atoms with Gasteiger partial charge in [-0.05, 0) is 36.8 Å². The molecule has 0 spiro atoms. The molecule has 3 rings (SSSR count). The lowest BCUT2D eigenvalue weighted by atomic mass is 10.0. The van der Waals surface area contributed by atoms with E-state index in [-0.39, 0.29) is 10.9 Å².